The third-order valence-electron chi connectivity index (χ3n) is 5.74. The molecule has 5 rings (SSSR count). The molecule has 0 saturated carbocycles. The fraction of sp³-hybridized carbons (Fsp3) is 0. The van der Waals surface area contributed by atoms with E-state index in [4.69, 9.17) is 0 Å². The first kappa shape index (κ1) is 21.9. The molecule has 0 aliphatic carbocycles. The van der Waals surface area contributed by atoms with Crippen LogP contribution in [-0.2, 0) is 0 Å². The molecule has 0 unspecified atom stereocenters. The summed E-state index contributed by atoms with van der Waals surface area (Å²) in [6.45, 7) is 0. The summed E-state index contributed by atoms with van der Waals surface area (Å²) in [5.74, 6) is 0. The van der Waals surface area contributed by atoms with Gasteiger partial charge in [0.1, 0.15) is 0 Å². The fourth-order valence-electron chi connectivity index (χ4n) is 3.96. The average Bonchev–Trinajstić information content (AvgIpc) is 2.91. The minimum absolute atomic E-state index is 1.09. The van der Waals surface area contributed by atoms with Gasteiger partial charge in [-0.1, -0.05) is 113 Å². The highest BCUT2D eigenvalue weighted by molar-refractivity contribution is 9.10. The summed E-state index contributed by atoms with van der Waals surface area (Å²) in [7, 11) is 0. The van der Waals surface area contributed by atoms with Crippen molar-refractivity contribution in [3.63, 3.8) is 0 Å². The van der Waals surface area contributed by atoms with Gasteiger partial charge in [0.25, 0.3) is 0 Å². The Labute approximate surface area is 209 Å². The molecule has 0 amide bonds. The quantitative estimate of drug-likeness (QED) is 0.209. The first-order chi connectivity index (χ1) is 16.8. The van der Waals surface area contributed by atoms with Crippen LogP contribution in [-0.4, -0.2) is 0 Å². The van der Waals surface area contributed by atoms with Gasteiger partial charge in [-0.2, -0.15) is 0 Å². The molecular formula is C32H24BrN. The molecule has 5 aromatic carbocycles. The van der Waals surface area contributed by atoms with Gasteiger partial charge in [0, 0.05) is 21.5 Å². The monoisotopic (exact) mass is 501 g/mol. The van der Waals surface area contributed by atoms with Crippen molar-refractivity contribution >= 4 is 45.1 Å². The molecule has 0 atom stereocenters. The van der Waals surface area contributed by atoms with Gasteiger partial charge in [-0.05, 0) is 70.8 Å². The smallest absolute Gasteiger partial charge is 0.0462 e. The second-order valence-electron chi connectivity index (χ2n) is 8.06. The average molecular weight is 502 g/mol. The molecule has 34 heavy (non-hydrogen) atoms. The molecule has 0 radical (unpaired) electrons. The van der Waals surface area contributed by atoms with Crippen molar-refractivity contribution in [1.82, 2.24) is 0 Å². The molecule has 2 heteroatoms. The van der Waals surface area contributed by atoms with Crippen LogP contribution in [0.15, 0.2) is 138 Å². The van der Waals surface area contributed by atoms with Crippen LogP contribution in [0.3, 0.4) is 0 Å². The normalized spacial score (nSPS) is 11.0. The maximum Gasteiger partial charge on any atom is 0.0462 e. The van der Waals surface area contributed by atoms with Crippen LogP contribution in [0.2, 0.25) is 0 Å². The molecule has 0 fully saturated rings. The van der Waals surface area contributed by atoms with E-state index < -0.39 is 0 Å². The Bertz CT molecular complexity index is 1320. The molecular weight excluding hydrogens is 478 g/mol. The van der Waals surface area contributed by atoms with Gasteiger partial charge >= 0.3 is 0 Å². The molecule has 0 spiro atoms. The molecule has 0 aliphatic heterocycles. The Kier molecular flexibility index (Phi) is 6.69. The third-order valence-corrected chi connectivity index (χ3v) is 6.27. The van der Waals surface area contributed by atoms with Crippen molar-refractivity contribution in [2.45, 2.75) is 0 Å². The summed E-state index contributed by atoms with van der Waals surface area (Å²) in [6, 6.07) is 46.8. The van der Waals surface area contributed by atoms with E-state index in [1.54, 1.807) is 0 Å². The van der Waals surface area contributed by atoms with Crippen LogP contribution in [0.25, 0.3) is 23.3 Å². The summed E-state index contributed by atoms with van der Waals surface area (Å²) >= 11 is 3.48. The largest absolute Gasteiger partial charge is 0.311 e. The lowest BCUT2D eigenvalue weighted by atomic mass is 10.0. The van der Waals surface area contributed by atoms with Gasteiger partial charge in [-0.15, -0.1) is 0 Å². The topological polar surface area (TPSA) is 3.24 Å². The zero-order chi connectivity index (χ0) is 23.2. The Morgan fingerprint density at radius 3 is 1.26 bits per heavy atom. The molecule has 0 bridgehead atoms. The molecule has 0 aromatic heterocycles. The second-order valence-corrected chi connectivity index (χ2v) is 8.98. The number of hydrogen-bond donors (Lipinski definition) is 0. The Hall–Kier alpha value is -3.88. The number of rotatable bonds is 6. The summed E-state index contributed by atoms with van der Waals surface area (Å²) in [5.41, 5.74) is 8.19. The van der Waals surface area contributed by atoms with Gasteiger partial charge in [-0.3, -0.25) is 0 Å². The van der Waals surface area contributed by atoms with Gasteiger partial charge in [0.2, 0.25) is 0 Å². The summed E-state index contributed by atoms with van der Waals surface area (Å²) < 4.78 is 1.09. The lowest BCUT2D eigenvalue weighted by Gasteiger charge is -2.25. The number of para-hydroxylation sites is 2. The minimum Gasteiger partial charge on any atom is -0.311 e. The Balaban J connectivity index is 1.37. The summed E-state index contributed by atoms with van der Waals surface area (Å²) in [6.07, 6.45) is 4.28. The first-order valence-corrected chi connectivity index (χ1v) is 12.1. The molecule has 0 N–H and O–H groups in total. The molecule has 5 aromatic rings. The van der Waals surface area contributed by atoms with E-state index in [2.05, 4.69) is 154 Å². The maximum atomic E-state index is 3.48. The van der Waals surface area contributed by atoms with Crippen LogP contribution >= 0.6 is 15.9 Å². The van der Waals surface area contributed by atoms with Crippen molar-refractivity contribution in [2.24, 2.45) is 0 Å². The van der Waals surface area contributed by atoms with Crippen molar-refractivity contribution in [3.8, 4) is 11.1 Å². The van der Waals surface area contributed by atoms with Crippen molar-refractivity contribution in [1.29, 1.82) is 0 Å². The van der Waals surface area contributed by atoms with Gasteiger partial charge in [0.15, 0.2) is 0 Å². The van der Waals surface area contributed by atoms with E-state index in [9.17, 15) is 0 Å². The van der Waals surface area contributed by atoms with E-state index in [0.717, 1.165) is 21.5 Å². The van der Waals surface area contributed by atoms with Crippen LogP contribution < -0.4 is 4.90 Å². The number of nitrogens with zero attached hydrogens (tertiary/aromatic N) is 1. The van der Waals surface area contributed by atoms with E-state index >= 15 is 0 Å². The maximum absolute atomic E-state index is 3.48. The fourth-order valence-corrected chi connectivity index (χ4v) is 4.22. The summed E-state index contributed by atoms with van der Waals surface area (Å²) in [4.78, 5) is 2.28. The first-order valence-electron chi connectivity index (χ1n) is 11.3. The number of anilines is 3. The Morgan fingerprint density at radius 1 is 0.412 bits per heavy atom. The highest BCUT2D eigenvalue weighted by atomic mass is 79.9. The summed E-state index contributed by atoms with van der Waals surface area (Å²) in [5, 5.41) is 0. The number of halogens is 1. The van der Waals surface area contributed by atoms with E-state index in [-0.39, 0.29) is 0 Å². The van der Waals surface area contributed by atoms with Crippen LogP contribution in [0, 0.1) is 0 Å². The highest BCUT2D eigenvalue weighted by Gasteiger charge is 2.11. The van der Waals surface area contributed by atoms with Crippen molar-refractivity contribution in [2.75, 3.05) is 4.90 Å². The van der Waals surface area contributed by atoms with Crippen molar-refractivity contribution in [3.05, 3.63) is 149 Å². The van der Waals surface area contributed by atoms with Gasteiger partial charge in [-0.25, -0.2) is 0 Å². The molecule has 164 valence electrons. The lowest BCUT2D eigenvalue weighted by Crippen LogP contribution is -2.09. The third kappa shape index (κ3) is 5.19. The molecule has 0 saturated heterocycles. The minimum atomic E-state index is 1.09. The zero-order valence-electron chi connectivity index (χ0n) is 18.7. The molecule has 1 nitrogen and oxygen atoms in total. The van der Waals surface area contributed by atoms with E-state index in [0.29, 0.717) is 0 Å². The van der Waals surface area contributed by atoms with Crippen LogP contribution in [0.4, 0.5) is 17.1 Å². The SMILES string of the molecule is Brc1ccc(/C=C/c2ccc(-c3ccc(N(c4ccccc4)c4ccccc4)cc3)cc2)cc1. The Morgan fingerprint density at radius 2 is 0.794 bits per heavy atom. The number of hydrogen-bond acceptors (Lipinski definition) is 1. The predicted octanol–water partition coefficient (Wildman–Crippen LogP) is 9.76. The van der Waals surface area contributed by atoms with Crippen molar-refractivity contribution < 1.29 is 0 Å². The standard InChI is InChI=1S/C32H24BrN/c33-29-21-15-26(16-22-29)12-11-25-13-17-27(18-14-25)28-19-23-32(24-20-28)34(30-7-3-1-4-8-30)31-9-5-2-6-10-31/h1-24H/b12-11+. The molecule has 0 heterocycles. The van der Waals surface area contributed by atoms with Gasteiger partial charge in [0.05, 0.1) is 0 Å². The second kappa shape index (κ2) is 10.4. The zero-order valence-corrected chi connectivity index (χ0v) is 20.3. The van der Waals surface area contributed by atoms with Crippen LogP contribution in [0.5, 0.6) is 0 Å². The van der Waals surface area contributed by atoms with E-state index in [1.165, 1.54) is 22.3 Å². The van der Waals surface area contributed by atoms with Gasteiger partial charge < -0.3 is 4.90 Å². The number of benzene rings is 5. The lowest BCUT2D eigenvalue weighted by molar-refractivity contribution is 1.28. The predicted molar refractivity (Wildman–Crippen MR) is 150 cm³/mol. The van der Waals surface area contributed by atoms with E-state index in [1.807, 2.05) is 12.1 Å². The molecule has 0 aliphatic rings. The van der Waals surface area contributed by atoms with Crippen LogP contribution in [0.1, 0.15) is 11.1 Å². The highest BCUT2D eigenvalue weighted by Crippen LogP contribution is 2.35.